The molecule has 3 aromatic heterocycles. The van der Waals surface area contributed by atoms with E-state index in [0.717, 1.165) is 71.3 Å². The molecule has 0 radical (unpaired) electrons. The van der Waals surface area contributed by atoms with Crippen LogP contribution < -0.4 is 10.2 Å². The molecule has 3 heterocycles. The quantitative estimate of drug-likeness (QED) is 0.267. The van der Waals surface area contributed by atoms with Gasteiger partial charge in [-0.15, -0.1) is 11.3 Å². The first kappa shape index (κ1) is 24.4. The predicted octanol–water partition coefficient (Wildman–Crippen LogP) is 4.69. The Morgan fingerprint density at radius 2 is 1.94 bits per heavy atom. The zero-order valence-electron chi connectivity index (χ0n) is 20.8. The Morgan fingerprint density at radius 3 is 2.64 bits per heavy atom. The number of hydrogen-bond donors (Lipinski definition) is 2. The Balaban J connectivity index is 1.46. The maximum atomic E-state index is 11.8. The Bertz CT molecular complexity index is 1370. The highest BCUT2D eigenvalue weighted by Gasteiger charge is 2.40. The molecule has 0 unspecified atom stereocenters. The number of fused-ring (bicyclic) bond motifs is 1. The topological polar surface area (TPSA) is 92.0 Å². The van der Waals surface area contributed by atoms with Crippen LogP contribution in [-0.4, -0.2) is 57.6 Å². The number of benzene rings is 1. The second-order valence-corrected chi connectivity index (χ2v) is 10.5. The molecule has 0 spiro atoms. The molecule has 1 aliphatic carbocycles. The molecule has 0 bridgehead atoms. The molecule has 1 aromatic carbocycles. The van der Waals surface area contributed by atoms with Crippen molar-refractivity contribution in [3.8, 4) is 17.1 Å². The van der Waals surface area contributed by atoms with E-state index in [9.17, 15) is 4.79 Å². The van der Waals surface area contributed by atoms with Crippen molar-refractivity contribution in [3.63, 3.8) is 0 Å². The third kappa shape index (κ3) is 4.50. The van der Waals surface area contributed by atoms with Gasteiger partial charge in [0.1, 0.15) is 28.7 Å². The van der Waals surface area contributed by atoms with Gasteiger partial charge in [0, 0.05) is 35.2 Å². The molecule has 1 aliphatic rings. The summed E-state index contributed by atoms with van der Waals surface area (Å²) < 4.78 is 7.98. The van der Waals surface area contributed by atoms with Gasteiger partial charge in [-0.25, -0.2) is 15.4 Å². The van der Waals surface area contributed by atoms with E-state index in [2.05, 4.69) is 14.7 Å². The number of likely N-dealkylation sites (N-methyl/N-ethyl adjacent to an activating group) is 1. The van der Waals surface area contributed by atoms with Gasteiger partial charge >= 0.3 is 0 Å². The number of nitrogens with one attached hydrogen (secondary N) is 1. The minimum atomic E-state index is -0.507. The third-order valence-electron chi connectivity index (χ3n) is 6.99. The van der Waals surface area contributed by atoms with Gasteiger partial charge < -0.3 is 9.64 Å². The lowest BCUT2D eigenvalue weighted by molar-refractivity contribution is 0.0706. The number of hydrogen-bond acceptors (Lipinski definition) is 7. The van der Waals surface area contributed by atoms with Gasteiger partial charge in [0.15, 0.2) is 0 Å². The number of hydroxylamine groups is 1. The van der Waals surface area contributed by atoms with E-state index in [0.29, 0.717) is 12.2 Å². The lowest BCUT2D eigenvalue weighted by Crippen LogP contribution is -2.24. The van der Waals surface area contributed by atoms with E-state index in [1.165, 1.54) is 0 Å². The molecule has 1 amide bonds. The van der Waals surface area contributed by atoms with E-state index in [-0.39, 0.29) is 5.41 Å². The molecule has 0 aliphatic heterocycles. The second kappa shape index (κ2) is 10.0. The van der Waals surface area contributed by atoms with Crippen LogP contribution in [0.15, 0.2) is 48.0 Å². The van der Waals surface area contributed by atoms with E-state index in [1.54, 1.807) is 28.9 Å². The number of rotatable bonds is 8. The zero-order valence-corrected chi connectivity index (χ0v) is 21.6. The maximum absolute atomic E-state index is 11.8. The summed E-state index contributed by atoms with van der Waals surface area (Å²) in [5.74, 6) is 0.302. The minimum Gasteiger partial charge on any atom is -0.492 e. The Hall–Kier alpha value is -3.27. The smallest absolute Gasteiger partial charge is 0.274 e. The van der Waals surface area contributed by atoms with Gasteiger partial charge in [-0.05, 0) is 57.6 Å². The lowest BCUT2D eigenvalue weighted by atomic mass is 9.79. The van der Waals surface area contributed by atoms with Crippen molar-refractivity contribution in [1.82, 2.24) is 24.7 Å². The Kier molecular flexibility index (Phi) is 6.79. The number of ether oxygens (including phenoxy) is 1. The molecular formula is C27H31N5O3S. The van der Waals surface area contributed by atoms with Crippen LogP contribution in [0, 0.1) is 6.92 Å². The number of thiazole rings is 1. The van der Waals surface area contributed by atoms with Gasteiger partial charge in [-0.3, -0.25) is 14.4 Å². The SMILES string of the molecule is Cc1nc2cc(OCCN(C)C)ccn2c1-c1csc(C2(c3ccc(C(=O)NO)cc3)CCCC2)n1. The van der Waals surface area contributed by atoms with Crippen molar-refractivity contribution < 1.29 is 14.7 Å². The normalized spacial score (nSPS) is 15.0. The van der Waals surface area contributed by atoms with Crippen molar-refractivity contribution in [2.24, 2.45) is 0 Å². The summed E-state index contributed by atoms with van der Waals surface area (Å²) in [5, 5.41) is 12.2. The van der Waals surface area contributed by atoms with Crippen LogP contribution in [-0.2, 0) is 5.41 Å². The molecule has 5 rings (SSSR count). The summed E-state index contributed by atoms with van der Waals surface area (Å²) >= 11 is 1.69. The van der Waals surface area contributed by atoms with Crippen molar-refractivity contribution in [1.29, 1.82) is 0 Å². The maximum Gasteiger partial charge on any atom is 0.274 e. The predicted molar refractivity (Wildman–Crippen MR) is 140 cm³/mol. The van der Waals surface area contributed by atoms with E-state index < -0.39 is 5.91 Å². The fourth-order valence-corrected chi connectivity index (χ4v) is 6.19. The Morgan fingerprint density at radius 1 is 1.19 bits per heavy atom. The standard InChI is InChI=1S/C27H31N5O3S/c1-18-24(32-13-10-21(16-23(32)28-18)35-15-14-31(2)3)22-17-36-26(29-22)27(11-4-5-12-27)20-8-6-19(7-9-20)25(33)30-34/h6-10,13,16-17,34H,4-5,11-12,14-15H2,1-3H3,(H,30,33). The number of aromatic nitrogens is 3. The molecule has 1 saturated carbocycles. The molecule has 4 aromatic rings. The largest absolute Gasteiger partial charge is 0.492 e. The number of amides is 1. The number of carbonyl (C=O) groups is 1. The summed E-state index contributed by atoms with van der Waals surface area (Å²) in [5.41, 5.74) is 6.81. The number of pyridine rings is 1. The fraction of sp³-hybridized carbons (Fsp3) is 0.370. The van der Waals surface area contributed by atoms with Gasteiger partial charge in [0.2, 0.25) is 0 Å². The monoisotopic (exact) mass is 505 g/mol. The summed E-state index contributed by atoms with van der Waals surface area (Å²) in [6, 6.07) is 11.5. The summed E-state index contributed by atoms with van der Waals surface area (Å²) in [6.45, 7) is 3.49. The lowest BCUT2D eigenvalue weighted by Gasteiger charge is -2.27. The zero-order chi connectivity index (χ0) is 25.3. The van der Waals surface area contributed by atoms with Crippen molar-refractivity contribution in [2.45, 2.75) is 38.0 Å². The van der Waals surface area contributed by atoms with Crippen LogP contribution in [0.25, 0.3) is 17.0 Å². The van der Waals surface area contributed by atoms with Crippen LogP contribution in [0.3, 0.4) is 0 Å². The minimum absolute atomic E-state index is 0.168. The van der Waals surface area contributed by atoms with E-state index >= 15 is 0 Å². The van der Waals surface area contributed by atoms with Crippen LogP contribution in [0.4, 0.5) is 0 Å². The first-order chi connectivity index (χ1) is 17.4. The number of nitrogens with zero attached hydrogens (tertiary/aromatic N) is 4. The van der Waals surface area contributed by atoms with Crippen molar-refractivity contribution in [3.05, 3.63) is 69.8 Å². The molecule has 0 atom stereocenters. The first-order valence-corrected chi connectivity index (χ1v) is 13.1. The summed E-state index contributed by atoms with van der Waals surface area (Å²) in [4.78, 5) is 23.8. The van der Waals surface area contributed by atoms with Crippen LogP contribution >= 0.6 is 11.3 Å². The van der Waals surface area contributed by atoms with E-state index in [4.69, 9.17) is 19.9 Å². The molecule has 0 saturated heterocycles. The number of aryl methyl sites for hydroxylation is 1. The van der Waals surface area contributed by atoms with Crippen molar-refractivity contribution >= 4 is 22.9 Å². The third-order valence-corrected chi connectivity index (χ3v) is 8.04. The molecule has 188 valence electrons. The first-order valence-electron chi connectivity index (χ1n) is 12.2. The molecule has 9 heteroatoms. The average molecular weight is 506 g/mol. The van der Waals surface area contributed by atoms with Gasteiger partial charge in [-0.2, -0.15) is 0 Å². The number of carbonyl (C=O) groups excluding carboxylic acids is 1. The van der Waals surface area contributed by atoms with Crippen LogP contribution in [0.5, 0.6) is 5.75 Å². The Labute approximate surface area is 214 Å². The highest BCUT2D eigenvalue weighted by Crippen LogP contribution is 2.48. The number of imidazole rings is 1. The summed E-state index contributed by atoms with van der Waals surface area (Å²) in [7, 11) is 4.05. The molecule has 8 nitrogen and oxygen atoms in total. The second-order valence-electron chi connectivity index (χ2n) is 9.63. The summed E-state index contributed by atoms with van der Waals surface area (Å²) in [6.07, 6.45) is 6.32. The van der Waals surface area contributed by atoms with Gasteiger partial charge in [0.25, 0.3) is 5.91 Å². The van der Waals surface area contributed by atoms with Gasteiger partial charge in [-0.1, -0.05) is 25.0 Å². The van der Waals surface area contributed by atoms with Gasteiger partial charge in [0.05, 0.1) is 11.4 Å². The highest BCUT2D eigenvalue weighted by molar-refractivity contribution is 7.10. The van der Waals surface area contributed by atoms with Crippen LogP contribution in [0.1, 0.15) is 52.3 Å². The fourth-order valence-electron chi connectivity index (χ4n) is 5.10. The average Bonchev–Trinajstić information content (AvgIpc) is 3.61. The molecule has 36 heavy (non-hydrogen) atoms. The van der Waals surface area contributed by atoms with Crippen molar-refractivity contribution in [2.75, 3.05) is 27.2 Å². The molecule has 1 fully saturated rings. The van der Waals surface area contributed by atoms with E-state index in [1.807, 2.05) is 51.5 Å². The highest BCUT2D eigenvalue weighted by atomic mass is 32.1. The van der Waals surface area contributed by atoms with Crippen LogP contribution in [0.2, 0.25) is 0 Å². The molecular weight excluding hydrogens is 474 g/mol. The molecule has 2 N–H and O–H groups in total.